The Morgan fingerprint density at radius 3 is 2.43 bits per heavy atom. The third-order valence-electron chi connectivity index (χ3n) is 4.50. The zero-order chi connectivity index (χ0) is 17.1. The van der Waals surface area contributed by atoms with Crippen LogP contribution in [0.1, 0.15) is 52.0 Å². The van der Waals surface area contributed by atoms with Crippen LogP contribution >= 0.6 is 0 Å². The largest absolute Gasteiger partial charge is 0.491 e. The quantitative estimate of drug-likeness (QED) is 0.677. The van der Waals surface area contributed by atoms with Crippen LogP contribution in [-0.2, 0) is 11.3 Å². The molecule has 0 atom stereocenters. The first-order chi connectivity index (χ1) is 11.2. The van der Waals surface area contributed by atoms with Crippen LogP contribution in [0.4, 0.5) is 0 Å². The summed E-state index contributed by atoms with van der Waals surface area (Å²) in [6.07, 6.45) is 5.41. The Kier molecular flexibility index (Phi) is 9.97. The van der Waals surface area contributed by atoms with Gasteiger partial charge in [0, 0.05) is 19.7 Å². The molecule has 1 aliphatic rings. The van der Waals surface area contributed by atoms with E-state index in [1.807, 2.05) is 19.9 Å². The zero-order valence-electron chi connectivity index (χ0n) is 15.7. The summed E-state index contributed by atoms with van der Waals surface area (Å²) in [5, 5.41) is 0. The first-order valence-corrected chi connectivity index (χ1v) is 9.10. The van der Waals surface area contributed by atoms with Crippen molar-refractivity contribution in [2.45, 2.75) is 59.0 Å². The van der Waals surface area contributed by atoms with Gasteiger partial charge in [0.15, 0.2) is 0 Å². The van der Waals surface area contributed by atoms with Crippen LogP contribution in [0.15, 0.2) is 24.3 Å². The molecule has 0 saturated heterocycles. The van der Waals surface area contributed by atoms with Crippen molar-refractivity contribution in [2.24, 2.45) is 5.92 Å². The maximum absolute atomic E-state index is 5.68. The SMILES string of the molecule is CC.COCCOc1cccc(CN(C)C2CCC(C)CC2)c1. The predicted octanol–water partition coefficient (Wildman–Crippen LogP) is 4.75. The molecular formula is C20H35NO2. The smallest absolute Gasteiger partial charge is 0.119 e. The van der Waals surface area contributed by atoms with Gasteiger partial charge in [0.2, 0.25) is 0 Å². The van der Waals surface area contributed by atoms with E-state index in [1.54, 1.807) is 7.11 Å². The van der Waals surface area contributed by atoms with Crippen molar-refractivity contribution < 1.29 is 9.47 Å². The number of nitrogens with zero attached hydrogens (tertiary/aromatic N) is 1. The lowest BCUT2D eigenvalue weighted by atomic mass is 9.86. The minimum atomic E-state index is 0.607. The van der Waals surface area contributed by atoms with Crippen LogP contribution in [0.25, 0.3) is 0 Å². The van der Waals surface area contributed by atoms with Crippen LogP contribution in [0.3, 0.4) is 0 Å². The van der Waals surface area contributed by atoms with Gasteiger partial charge in [0.25, 0.3) is 0 Å². The molecule has 0 aromatic heterocycles. The molecule has 0 N–H and O–H groups in total. The molecule has 0 bridgehead atoms. The molecule has 0 unspecified atom stereocenters. The second-order valence-electron chi connectivity index (χ2n) is 6.32. The van der Waals surface area contributed by atoms with Crippen LogP contribution in [0, 0.1) is 5.92 Å². The van der Waals surface area contributed by atoms with Gasteiger partial charge in [-0.05, 0) is 56.3 Å². The number of rotatable bonds is 7. The molecule has 3 heteroatoms. The molecule has 0 amide bonds. The normalized spacial score (nSPS) is 20.8. The molecule has 1 aromatic carbocycles. The van der Waals surface area contributed by atoms with Crippen molar-refractivity contribution in [2.75, 3.05) is 27.4 Å². The van der Waals surface area contributed by atoms with Crippen LogP contribution in [0.5, 0.6) is 5.75 Å². The highest BCUT2D eigenvalue weighted by Gasteiger charge is 2.21. The maximum Gasteiger partial charge on any atom is 0.119 e. The standard InChI is InChI=1S/C18H29NO2.C2H6/c1-15-7-9-17(10-8-15)19(2)14-16-5-4-6-18(13-16)21-12-11-20-3;1-2/h4-6,13,15,17H,7-12,14H2,1-3H3;1-2H3. The molecular weight excluding hydrogens is 286 g/mol. The fraction of sp³-hybridized carbons (Fsp3) is 0.700. The van der Waals surface area contributed by atoms with Crippen LogP contribution < -0.4 is 4.74 Å². The van der Waals surface area contributed by atoms with Crippen molar-refractivity contribution in [1.29, 1.82) is 0 Å². The first-order valence-electron chi connectivity index (χ1n) is 9.10. The number of benzene rings is 1. The molecule has 132 valence electrons. The van der Waals surface area contributed by atoms with E-state index in [9.17, 15) is 0 Å². The van der Waals surface area contributed by atoms with Crippen molar-refractivity contribution in [3.8, 4) is 5.75 Å². The van der Waals surface area contributed by atoms with E-state index in [1.165, 1.54) is 31.2 Å². The second-order valence-corrected chi connectivity index (χ2v) is 6.32. The fourth-order valence-corrected chi connectivity index (χ4v) is 3.08. The molecule has 3 nitrogen and oxygen atoms in total. The van der Waals surface area contributed by atoms with Gasteiger partial charge in [-0.3, -0.25) is 4.90 Å². The molecule has 0 heterocycles. The van der Waals surface area contributed by atoms with Crippen molar-refractivity contribution in [3.63, 3.8) is 0 Å². The summed E-state index contributed by atoms with van der Waals surface area (Å²) in [6, 6.07) is 9.16. The Bertz CT molecular complexity index is 414. The molecule has 1 aliphatic carbocycles. The van der Waals surface area contributed by atoms with Crippen molar-refractivity contribution in [3.05, 3.63) is 29.8 Å². The van der Waals surface area contributed by atoms with Crippen LogP contribution in [0.2, 0.25) is 0 Å². The van der Waals surface area contributed by atoms with Crippen LogP contribution in [-0.4, -0.2) is 38.3 Å². The molecule has 1 fully saturated rings. The molecule has 0 aliphatic heterocycles. The minimum Gasteiger partial charge on any atom is -0.491 e. The van der Waals surface area contributed by atoms with Gasteiger partial charge in [-0.2, -0.15) is 0 Å². The van der Waals surface area contributed by atoms with Gasteiger partial charge in [0.1, 0.15) is 12.4 Å². The third-order valence-corrected chi connectivity index (χ3v) is 4.50. The van der Waals surface area contributed by atoms with E-state index < -0.39 is 0 Å². The summed E-state index contributed by atoms with van der Waals surface area (Å²) >= 11 is 0. The van der Waals surface area contributed by atoms with Gasteiger partial charge in [-0.1, -0.05) is 32.9 Å². The lowest BCUT2D eigenvalue weighted by Crippen LogP contribution is -2.34. The summed E-state index contributed by atoms with van der Waals surface area (Å²) in [4.78, 5) is 2.50. The number of ether oxygens (including phenoxy) is 2. The molecule has 1 saturated carbocycles. The lowest BCUT2D eigenvalue weighted by Gasteiger charge is -2.33. The van der Waals surface area contributed by atoms with E-state index >= 15 is 0 Å². The monoisotopic (exact) mass is 321 g/mol. The average Bonchev–Trinajstić information content (AvgIpc) is 2.58. The number of hydrogen-bond acceptors (Lipinski definition) is 3. The van der Waals surface area contributed by atoms with E-state index in [0.29, 0.717) is 13.2 Å². The summed E-state index contributed by atoms with van der Waals surface area (Å²) in [5.41, 5.74) is 1.33. The average molecular weight is 322 g/mol. The molecule has 2 rings (SSSR count). The fourth-order valence-electron chi connectivity index (χ4n) is 3.08. The Labute approximate surface area is 143 Å². The first kappa shape index (κ1) is 20.0. The summed E-state index contributed by atoms with van der Waals surface area (Å²) in [7, 11) is 3.94. The Hall–Kier alpha value is -1.06. The maximum atomic E-state index is 5.68. The molecule has 23 heavy (non-hydrogen) atoms. The highest BCUT2D eigenvalue weighted by molar-refractivity contribution is 5.28. The van der Waals surface area contributed by atoms with Gasteiger partial charge in [0.05, 0.1) is 6.61 Å². The summed E-state index contributed by atoms with van der Waals surface area (Å²) < 4.78 is 10.7. The highest BCUT2D eigenvalue weighted by Crippen LogP contribution is 2.27. The van der Waals surface area contributed by atoms with Crippen molar-refractivity contribution >= 4 is 0 Å². The third kappa shape index (κ3) is 7.36. The van der Waals surface area contributed by atoms with Gasteiger partial charge in [-0.25, -0.2) is 0 Å². The zero-order valence-corrected chi connectivity index (χ0v) is 15.7. The molecule has 0 spiro atoms. The van der Waals surface area contributed by atoms with Gasteiger partial charge < -0.3 is 9.47 Å². The second kappa shape index (κ2) is 11.5. The topological polar surface area (TPSA) is 21.7 Å². The van der Waals surface area contributed by atoms with E-state index in [-0.39, 0.29) is 0 Å². The van der Waals surface area contributed by atoms with Gasteiger partial charge >= 0.3 is 0 Å². The minimum absolute atomic E-state index is 0.607. The Morgan fingerprint density at radius 2 is 1.78 bits per heavy atom. The lowest BCUT2D eigenvalue weighted by molar-refractivity contribution is 0.146. The van der Waals surface area contributed by atoms with Crippen molar-refractivity contribution in [1.82, 2.24) is 4.90 Å². The summed E-state index contributed by atoms with van der Waals surface area (Å²) in [5.74, 6) is 1.85. The Balaban J connectivity index is 0.00000127. The Morgan fingerprint density at radius 1 is 1.09 bits per heavy atom. The van der Waals surface area contributed by atoms with E-state index in [0.717, 1.165) is 24.3 Å². The predicted molar refractivity (Wildman–Crippen MR) is 98.0 cm³/mol. The van der Waals surface area contributed by atoms with E-state index in [4.69, 9.17) is 9.47 Å². The molecule has 1 aromatic rings. The highest BCUT2D eigenvalue weighted by atomic mass is 16.5. The molecule has 0 radical (unpaired) electrons. The van der Waals surface area contributed by atoms with E-state index in [2.05, 4.69) is 37.1 Å². The number of methoxy groups -OCH3 is 1. The van der Waals surface area contributed by atoms with Gasteiger partial charge in [-0.15, -0.1) is 0 Å². The summed E-state index contributed by atoms with van der Waals surface area (Å²) in [6.45, 7) is 8.61. The number of hydrogen-bond donors (Lipinski definition) is 0.